The van der Waals surface area contributed by atoms with Gasteiger partial charge in [0.25, 0.3) is 0 Å². The molecule has 2 aromatic rings. The van der Waals surface area contributed by atoms with Crippen LogP contribution < -0.4 is 11.1 Å². The molecule has 104 valence electrons. The van der Waals surface area contributed by atoms with E-state index in [2.05, 4.69) is 29.1 Å². The molecule has 0 unspecified atom stereocenters. The quantitative estimate of drug-likeness (QED) is 0.859. The van der Waals surface area contributed by atoms with Crippen LogP contribution in [0.1, 0.15) is 13.8 Å². The molecule has 0 aliphatic carbocycles. The van der Waals surface area contributed by atoms with Crippen LogP contribution in [0.25, 0.3) is 11.2 Å². The summed E-state index contributed by atoms with van der Waals surface area (Å²) in [6.07, 6.45) is 1.73. The minimum absolute atomic E-state index is 0.0304. The average molecular weight is 263 g/mol. The Morgan fingerprint density at radius 2 is 2.21 bits per heavy atom. The highest BCUT2D eigenvalue weighted by Gasteiger charge is 2.22. The normalized spacial score (nSPS) is 12.0. The Hall–Kier alpha value is -1.82. The van der Waals surface area contributed by atoms with Crippen molar-refractivity contribution in [2.75, 3.05) is 31.8 Å². The number of hydrogen-bond acceptors (Lipinski definition) is 5. The molecule has 0 aliphatic rings. The van der Waals surface area contributed by atoms with Crippen molar-refractivity contribution >= 4 is 22.8 Å². The molecule has 0 radical (unpaired) electrons. The number of nitrogens with two attached hydrogens (primary N) is 1. The molecule has 0 bridgehead atoms. The van der Waals surface area contributed by atoms with Gasteiger partial charge in [-0.1, -0.05) is 13.8 Å². The Kier molecular flexibility index (Phi) is 3.61. The molecule has 0 amide bonds. The molecule has 6 heteroatoms. The third kappa shape index (κ3) is 2.63. The van der Waals surface area contributed by atoms with Gasteiger partial charge in [0.05, 0.1) is 12.3 Å². The molecular formula is C13H21N5O. The summed E-state index contributed by atoms with van der Waals surface area (Å²) in [7, 11) is 3.58. The van der Waals surface area contributed by atoms with Crippen molar-refractivity contribution in [3.8, 4) is 0 Å². The second-order valence-electron chi connectivity index (χ2n) is 5.43. The van der Waals surface area contributed by atoms with E-state index < -0.39 is 0 Å². The first-order chi connectivity index (χ1) is 8.98. The standard InChI is InChI=1S/C13H21N5O/c1-13(2,8-19-4)7-18-10-9(15-3)5-6-16-11(10)17-12(18)14/h5-6H,7-8H2,1-4H3,(H3,14,15,16,17). The van der Waals surface area contributed by atoms with E-state index in [-0.39, 0.29) is 5.41 Å². The van der Waals surface area contributed by atoms with Crippen molar-refractivity contribution in [2.24, 2.45) is 5.41 Å². The fraction of sp³-hybridized carbons (Fsp3) is 0.538. The third-order valence-electron chi connectivity index (χ3n) is 3.06. The lowest BCUT2D eigenvalue weighted by atomic mass is 9.94. The molecule has 6 nitrogen and oxygen atoms in total. The lowest BCUT2D eigenvalue weighted by Crippen LogP contribution is -2.25. The number of fused-ring (bicyclic) bond motifs is 1. The lowest BCUT2D eigenvalue weighted by molar-refractivity contribution is 0.0931. The van der Waals surface area contributed by atoms with Crippen molar-refractivity contribution < 1.29 is 4.74 Å². The number of nitrogen functional groups attached to an aromatic ring is 1. The number of anilines is 2. The average Bonchev–Trinajstić information content (AvgIpc) is 2.65. The van der Waals surface area contributed by atoms with Crippen LogP contribution in [-0.4, -0.2) is 35.3 Å². The molecule has 2 heterocycles. The van der Waals surface area contributed by atoms with Gasteiger partial charge in [-0.2, -0.15) is 4.98 Å². The fourth-order valence-electron chi connectivity index (χ4n) is 2.30. The van der Waals surface area contributed by atoms with Crippen LogP contribution in [0.5, 0.6) is 0 Å². The van der Waals surface area contributed by atoms with Crippen LogP contribution in [0.4, 0.5) is 11.6 Å². The highest BCUT2D eigenvalue weighted by molar-refractivity contribution is 5.87. The first kappa shape index (κ1) is 13.6. The zero-order valence-electron chi connectivity index (χ0n) is 11.9. The number of pyridine rings is 1. The Bertz CT molecular complexity index is 576. The summed E-state index contributed by atoms with van der Waals surface area (Å²) in [6, 6.07) is 1.92. The number of aromatic nitrogens is 3. The van der Waals surface area contributed by atoms with Crippen LogP contribution in [0.15, 0.2) is 12.3 Å². The van der Waals surface area contributed by atoms with Gasteiger partial charge in [0.15, 0.2) is 5.65 Å². The van der Waals surface area contributed by atoms with Crippen LogP contribution in [0.2, 0.25) is 0 Å². The monoisotopic (exact) mass is 263 g/mol. The van der Waals surface area contributed by atoms with E-state index in [4.69, 9.17) is 10.5 Å². The van der Waals surface area contributed by atoms with Gasteiger partial charge in [-0.3, -0.25) is 0 Å². The SMILES string of the molecule is CNc1ccnc2nc(N)n(CC(C)(C)COC)c12. The molecule has 19 heavy (non-hydrogen) atoms. The number of hydrogen-bond donors (Lipinski definition) is 2. The molecule has 0 aromatic carbocycles. The summed E-state index contributed by atoms with van der Waals surface area (Å²) < 4.78 is 7.25. The summed E-state index contributed by atoms with van der Waals surface area (Å²) in [5, 5.41) is 3.15. The maximum atomic E-state index is 6.02. The number of nitrogens with one attached hydrogen (secondary N) is 1. The van der Waals surface area contributed by atoms with Gasteiger partial charge in [-0.15, -0.1) is 0 Å². The largest absolute Gasteiger partial charge is 0.386 e. The molecule has 0 atom stereocenters. The molecule has 0 aliphatic heterocycles. The molecule has 3 N–H and O–H groups in total. The maximum Gasteiger partial charge on any atom is 0.202 e. The van der Waals surface area contributed by atoms with Gasteiger partial charge in [-0.25, -0.2) is 4.98 Å². The van der Waals surface area contributed by atoms with Gasteiger partial charge in [0.2, 0.25) is 5.95 Å². The molecule has 0 spiro atoms. The smallest absolute Gasteiger partial charge is 0.202 e. The number of nitrogens with zero attached hydrogens (tertiary/aromatic N) is 3. The van der Waals surface area contributed by atoms with E-state index >= 15 is 0 Å². The van der Waals surface area contributed by atoms with Gasteiger partial charge < -0.3 is 20.4 Å². The van der Waals surface area contributed by atoms with Crippen molar-refractivity contribution in [3.63, 3.8) is 0 Å². The van der Waals surface area contributed by atoms with E-state index in [1.54, 1.807) is 13.3 Å². The van der Waals surface area contributed by atoms with Crippen LogP contribution in [0.3, 0.4) is 0 Å². The summed E-state index contributed by atoms with van der Waals surface area (Å²) in [6.45, 7) is 5.65. The lowest BCUT2D eigenvalue weighted by Gasteiger charge is -2.25. The number of rotatable bonds is 5. The summed E-state index contributed by atoms with van der Waals surface area (Å²) >= 11 is 0. The molecule has 0 fully saturated rings. The van der Waals surface area contributed by atoms with E-state index in [1.165, 1.54) is 0 Å². The zero-order chi connectivity index (χ0) is 14.0. The van der Waals surface area contributed by atoms with Gasteiger partial charge in [0.1, 0.15) is 5.52 Å². The highest BCUT2D eigenvalue weighted by Crippen LogP contribution is 2.28. The molecule has 2 aromatic heterocycles. The second kappa shape index (κ2) is 5.05. The summed E-state index contributed by atoms with van der Waals surface area (Å²) in [4.78, 5) is 8.58. The van der Waals surface area contributed by atoms with Gasteiger partial charge >= 0.3 is 0 Å². The summed E-state index contributed by atoms with van der Waals surface area (Å²) in [5.74, 6) is 0.481. The Morgan fingerprint density at radius 3 is 2.84 bits per heavy atom. The van der Waals surface area contributed by atoms with Crippen molar-refractivity contribution in [1.82, 2.24) is 14.5 Å². The van der Waals surface area contributed by atoms with E-state index in [9.17, 15) is 0 Å². The molecule has 0 saturated heterocycles. The maximum absolute atomic E-state index is 6.02. The predicted molar refractivity (Wildman–Crippen MR) is 77.1 cm³/mol. The second-order valence-corrected chi connectivity index (χ2v) is 5.43. The van der Waals surface area contributed by atoms with Crippen LogP contribution in [-0.2, 0) is 11.3 Å². The third-order valence-corrected chi connectivity index (χ3v) is 3.06. The van der Waals surface area contributed by atoms with E-state index in [0.717, 1.165) is 17.7 Å². The van der Waals surface area contributed by atoms with Crippen LogP contribution >= 0.6 is 0 Å². The molecular weight excluding hydrogens is 242 g/mol. The van der Waals surface area contributed by atoms with Crippen molar-refractivity contribution in [3.05, 3.63) is 12.3 Å². The van der Waals surface area contributed by atoms with Crippen LogP contribution in [0, 0.1) is 5.41 Å². The van der Waals surface area contributed by atoms with Gasteiger partial charge in [-0.05, 0) is 6.07 Å². The minimum Gasteiger partial charge on any atom is -0.386 e. The Morgan fingerprint density at radius 1 is 1.47 bits per heavy atom. The topological polar surface area (TPSA) is 78.0 Å². The number of imidazole rings is 1. The fourth-order valence-corrected chi connectivity index (χ4v) is 2.30. The first-order valence-corrected chi connectivity index (χ1v) is 6.26. The van der Waals surface area contributed by atoms with E-state index in [1.807, 2.05) is 17.7 Å². The predicted octanol–water partition coefficient (Wildman–Crippen LogP) is 1.73. The summed E-state index contributed by atoms with van der Waals surface area (Å²) in [5.41, 5.74) is 8.57. The van der Waals surface area contributed by atoms with Crippen molar-refractivity contribution in [1.29, 1.82) is 0 Å². The highest BCUT2D eigenvalue weighted by atomic mass is 16.5. The van der Waals surface area contributed by atoms with Gasteiger partial charge in [0, 0.05) is 32.3 Å². The number of ether oxygens (including phenoxy) is 1. The molecule has 2 rings (SSSR count). The Labute approximate surface area is 113 Å². The Balaban J connectivity index is 2.50. The minimum atomic E-state index is -0.0304. The number of methoxy groups -OCH3 is 1. The first-order valence-electron chi connectivity index (χ1n) is 6.26. The zero-order valence-corrected chi connectivity index (χ0v) is 11.9. The molecule has 0 saturated carbocycles. The van der Waals surface area contributed by atoms with E-state index in [0.29, 0.717) is 18.2 Å². The van der Waals surface area contributed by atoms with Crippen molar-refractivity contribution in [2.45, 2.75) is 20.4 Å².